The normalized spacial score (nSPS) is 15.4. The minimum atomic E-state index is -3.98. The van der Waals surface area contributed by atoms with Crippen molar-refractivity contribution in [2.45, 2.75) is 11.8 Å². The van der Waals surface area contributed by atoms with Gasteiger partial charge in [-0.05, 0) is 30.7 Å². The van der Waals surface area contributed by atoms with E-state index in [-0.39, 0.29) is 42.6 Å². The number of anilines is 1. The maximum absolute atomic E-state index is 13.2. The fraction of sp³-hybridized carbons (Fsp3) is 0.238. The quantitative estimate of drug-likeness (QED) is 0.319. The molecule has 1 saturated heterocycles. The van der Waals surface area contributed by atoms with Crippen LogP contribution in [-0.2, 0) is 14.8 Å². The molecule has 1 aromatic heterocycles. The molecule has 2 heterocycles. The molecular formula is C21H22N6O5S. The van der Waals surface area contributed by atoms with Crippen molar-refractivity contribution in [3.05, 3.63) is 76.9 Å². The number of ether oxygens (including phenoxy) is 1. The third-order valence-electron chi connectivity index (χ3n) is 5.20. The van der Waals surface area contributed by atoms with Gasteiger partial charge in [0.25, 0.3) is 5.69 Å². The van der Waals surface area contributed by atoms with E-state index in [4.69, 9.17) is 4.74 Å². The van der Waals surface area contributed by atoms with E-state index < -0.39 is 14.9 Å². The van der Waals surface area contributed by atoms with Crippen molar-refractivity contribution in [3.8, 4) is 5.69 Å². The summed E-state index contributed by atoms with van der Waals surface area (Å²) in [6.45, 7) is 2.67. The van der Waals surface area contributed by atoms with E-state index in [9.17, 15) is 18.5 Å². The number of benzene rings is 2. The van der Waals surface area contributed by atoms with E-state index in [0.717, 1.165) is 17.3 Å². The van der Waals surface area contributed by atoms with Crippen LogP contribution in [0.15, 0.2) is 71.2 Å². The van der Waals surface area contributed by atoms with E-state index in [1.807, 2.05) is 35.0 Å². The smallest absolute Gasteiger partial charge is 0.270 e. The Morgan fingerprint density at radius 2 is 1.91 bits per heavy atom. The molecule has 11 nitrogen and oxygen atoms in total. The van der Waals surface area contributed by atoms with Gasteiger partial charge in [-0.3, -0.25) is 15.5 Å². The highest BCUT2D eigenvalue weighted by molar-refractivity contribution is 7.89. The van der Waals surface area contributed by atoms with Crippen molar-refractivity contribution in [2.75, 3.05) is 31.7 Å². The van der Waals surface area contributed by atoms with Gasteiger partial charge in [-0.15, -0.1) is 0 Å². The SMILES string of the molecule is C/C(=N/Nc1ccc([N+](=O)[O-])cc1S(=O)(=O)N1CCOCC1)c1ccc(-n2ccnc2)cc1. The number of aromatic nitrogens is 2. The number of hydrazone groups is 1. The third-order valence-corrected chi connectivity index (χ3v) is 7.13. The summed E-state index contributed by atoms with van der Waals surface area (Å²) in [6.07, 6.45) is 5.22. The highest BCUT2D eigenvalue weighted by atomic mass is 32.2. The van der Waals surface area contributed by atoms with Crippen LogP contribution in [0.5, 0.6) is 0 Å². The summed E-state index contributed by atoms with van der Waals surface area (Å²) in [6, 6.07) is 11.2. The van der Waals surface area contributed by atoms with Gasteiger partial charge in [-0.2, -0.15) is 9.41 Å². The van der Waals surface area contributed by atoms with Crippen LogP contribution in [0.25, 0.3) is 5.69 Å². The lowest BCUT2D eigenvalue weighted by atomic mass is 10.1. The Bertz CT molecular complexity index is 1270. The summed E-state index contributed by atoms with van der Waals surface area (Å²) in [5.74, 6) is 0. The van der Waals surface area contributed by atoms with E-state index in [1.165, 1.54) is 16.4 Å². The molecule has 0 amide bonds. The zero-order valence-electron chi connectivity index (χ0n) is 17.8. The predicted molar refractivity (Wildman–Crippen MR) is 122 cm³/mol. The summed E-state index contributed by atoms with van der Waals surface area (Å²) in [5, 5.41) is 15.6. The molecule has 172 valence electrons. The number of nitrogens with one attached hydrogen (secondary N) is 1. The Hall–Kier alpha value is -3.61. The van der Waals surface area contributed by atoms with Gasteiger partial charge in [-0.25, -0.2) is 13.4 Å². The van der Waals surface area contributed by atoms with Gasteiger partial charge < -0.3 is 9.30 Å². The van der Waals surface area contributed by atoms with Crippen molar-refractivity contribution in [3.63, 3.8) is 0 Å². The maximum atomic E-state index is 13.2. The largest absolute Gasteiger partial charge is 0.379 e. The Kier molecular flexibility index (Phi) is 6.49. The number of nitro groups is 1. The summed E-state index contributed by atoms with van der Waals surface area (Å²) < 4.78 is 34.8. The molecule has 1 N–H and O–H groups in total. The molecule has 1 fully saturated rings. The van der Waals surface area contributed by atoms with Crippen LogP contribution in [0.1, 0.15) is 12.5 Å². The second-order valence-corrected chi connectivity index (χ2v) is 9.19. The van der Waals surface area contributed by atoms with Crippen LogP contribution in [0.3, 0.4) is 0 Å². The molecule has 0 unspecified atom stereocenters. The van der Waals surface area contributed by atoms with Crippen LogP contribution in [0.2, 0.25) is 0 Å². The molecule has 0 spiro atoms. The second kappa shape index (κ2) is 9.48. The van der Waals surface area contributed by atoms with Gasteiger partial charge in [0.1, 0.15) is 4.90 Å². The molecular weight excluding hydrogens is 448 g/mol. The zero-order valence-corrected chi connectivity index (χ0v) is 18.6. The Balaban J connectivity index is 1.62. The lowest BCUT2D eigenvalue weighted by Gasteiger charge is -2.26. The van der Waals surface area contributed by atoms with Crippen molar-refractivity contribution in [1.29, 1.82) is 0 Å². The van der Waals surface area contributed by atoms with Gasteiger partial charge in [0.15, 0.2) is 0 Å². The number of nitro benzene ring substituents is 1. The van der Waals surface area contributed by atoms with Crippen molar-refractivity contribution in [2.24, 2.45) is 5.10 Å². The number of imidazole rings is 1. The van der Waals surface area contributed by atoms with Crippen LogP contribution in [0, 0.1) is 10.1 Å². The molecule has 0 saturated carbocycles. The number of hydrogen-bond acceptors (Lipinski definition) is 8. The number of non-ortho nitro benzene ring substituents is 1. The number of nitrogens with zero attached hydrogens (tertiary/aromatic N) is 5. The van der Waals surface area contributed by atoms with Crippen molar-refractivity contribution >= 4 is 27.1 Å². The lowest BCUT2D eigenvalue weighted by molar-refractivity contribution is -0.385. The van der Waals surface area contributed by atoms with Crippen LogP contribution in [-0.4, -0.2) is 59.2 Å². The van der Waals surface area contributed by atoms with Crippen molar-refractivity contribution in [1.82, 2.24) is 13.9 Å². The molecule has 12 heteroatoms. The van der Waals surface area contributed by atoms with Crippen LogP contribution < -0.4 is 5.43 Å². The van der Waals surface area contributed by atoms with Gasteiger partial charge in [0.2, 0.25) is 10.0 Å². The van der Waals surface area contributed by atoms with E-state index in [1.54, 1.807) is 19.4 Å². The fourth-order valence-electron chi connectivity index (χ4n) is 3.35. The molecule has 0 aliphatic carbocycles. The second-order valence-electron chi connectivity index (χ2n) is 7.28. The fourth-order valence-corrected chi connectivity index (χ4v) is 4.92. The first-order valence-electron chi connectivity index (χ1n) is 10.1. The molecule has 1 aliphatic heterocycles. The first-order chi connectivity index (χ1) is 15.9. The molecule has 3 aromatic rings. The first-order valence-corrected chi connectivity index (χ1v) is 11.6. The highest BCUT2D eigenvalue weighted by Gasteiger charge is 2.30. The van der Waals surface area contributed by atoms with Gasteiger partial charge in [0, 0.05) is 43.3 Å². The van der Waals surface area contributed by atoms with E-state index in [0.29, 0.717) is 5.71 Å². The maximum Gasteiger partial charge on any atom is 0.270 e. The standard InChI is InChI=1S/C21H22N6O5S/c1-16(17-2-4-18(5-3-17)25-9-8-22-15-25)23-24-20-7-6-19(27(28)29)14-21(20)33(30,31)26-10-12-32-13-11-26/h2-9,14-15,24H,10-13H2,1H3/b23-16-. The van der Waals surface area contributed by atoms with E-state index >= 15 is 0 Å². The first kappa shape index (κ1) is 22.6. The number of rotatable bonds is 7. The highest BCUT2D eigenvalue weighted by Crippen LogP contribution is 2.29. The predicted octanol–water partition coefficient (Wildman–Crippen LogP) is 2.64. The molecule has 4 rings (SSSR count). The topological polar surface area (TPSA) is 132 Å². The lowest BCUT2D eigenvalue weighted by Crippen LogP contribution is -2.40. The molecule has 33 heavy (non-hydrogen) atoms. The minimum absolute atomic E-state index is 0.154. The van der Waals surface area contributed by atoms with Crippen LogP contribution in [0.4, 0.5) is 11.4 Å². The number of sulfonamides is 1. The average Bonchev–Trinajstić information content (AvgIpc) is 3.38. The summed E-state index contributed by atoms with van der Waals surface area (Å²) in [5.41, 5.74) is 4.99. The minimum Gasteiger partial charge on any atom is -0.379 e. The summed E-state index contributed by atoms with van der Waals surface area (Å²) >= 11 is 0. The number of hydrogen-bond donors (Lipinski definition) is 1. The Labute approximate surface area is 190 Å². The Morgan fingerprint density at radius 3 is 2.55 bits per heavy atom. The Morgan fingerprint density at radius 1 is 1.18 bits per heavy atom. The molecule has 0 bridgehead atoms. The van der Waals surface area contributed by atoms with Gasteiger partial charge in [-0.1, -0.05) is 12.1 Å². The van der Waals surface area contributed by atoms with E-state index in [2.05, 4.69) is 15.5 Å². The monoisotopic (exact) mass is 470 g/mol. The summed E-state index contributed by atoms with van der Waals surface area (Å²) in [7, 11) is -3.98. The third kappa shape index (κ3) is 4.92. The molecule has 0 atom stereocenters. The average molecular weight is 471 g/mol. The molecule has 1 aliphatic rings. The summed E-state index contributed by atoms with van der Waals surface area (Å²) in [4.78, 5) is 14.5. The zero-order chi connectivity index (χ0) is 23.4. The van der Waals surface area contributed by atoms with Gasteiger partial charge in [0.05, 0.1) is 35.9 Å². The molecule has 0 radical (unpaired) electrons. The number of morpholine rings is 1. The molecule has 2 aromatic carbocycles. The van der Waals surface area contributed by atoms with Crippen molar-refractivity contribution < 1.29 is 18.1 Å². The van der Waals surface area contributed by atoms with Crippen LogP contribution >= 0.6 is 0 Å². The van der Waals surface area contributed by atoms with Gasteiger partial charge >= 0.3 is 0 Å².